The summed E-state index contributed by atoms with van der Waals surface area (Å²) in [6.07, 6.45) is 0. The normalized spacial score (nSPS) is 15.1. The summed E-state index contributed by atoms with van der Waals surface area (Å²) < 4.78 is 0. The molecule has 0 radical (unpaired) electrons. The maximum absolute atomic E-state index is 6.47. The lowest BCUT2D eigenvalue weighted by atomic mass is 9.93. The van der Waals surface area contributed by atoms with E-state index in [1.807, 2.05) is 25.1 Å². The van der Waals surface area contributed by atoms with Crippen molar-refractivity contribution >= 4 is 8.07 Å². The van der Waals surface area contributed by atoms with Crippen LogP contribution in [0.3, 0.4) is 0 Å². The second-order valence-corrected chi connectivity index (χ2v) is 10.4. The second kappa shape index (κ2) is 4.42. The van der Waals surface area contributed by atoms with Crippen molar-refractivity contribution in [2.24, 2.45) is 5.73 Å². The van der Waals surface area contributed by atoms with Crippen molar-refractivity contribution in [1.29, 1.82) is 0 Å². The van der Waals surface area contributed by atoms with Crippen LogP contribution in [0.5, 0.6) is 0 Å². The molecule has 1 aromatic rings. The number of benzene rings is 1. The van der Waals surface area contributed by atoms with E-state index in [1.54, 1.807) is 0 Å². The first-order chi connectivity index (χ1) is 7.30. The van der Waals surface area contributed by atoms with Crippen molar-refractivity contribution < 1.29 is 0 Å². The van der Waals surface area contributed by atoms with Gasteiger partial charge in [0.2, 0.25) is 0 Å². The van der Waals surface area contributed by atoms with Crippen LogP contribution in [0.1, 0.15) is 12.5 Å². The molecule has 16 heavy (non-hydrogen) atoms. The Morgan fingerprint density at radius 3 is 2.12 bits per heavy atom. The molecule has 0 fully saturated rings. The highest BCUT2D eigenvalue weighted by Crippen LogP contribution is 2.31. The smallest absolute Gasteiger partial charge is 0.0852 e. The molecule has 0 saturated heterocycles. The van der Waals surface area contributed by atoms with Gasteiger partial charge in [0.05, 0.1) is 13.6 Å². The zero-order valence-electron chi connectivity index (χ0n) is 10.7. The number of rotatable bonds is 3. The van der Waals surface area contributed by atoms with Gasteiger partial charge in [-0.05, 0) is 17.7 Å². The van der Waals surface area contributed by atoms with Crippen molar-refractivity contribution in [2.75, 3.05) is 0 Å². The van der Waals surface area contributed by atoms with Crippen molar-refractivity contribution in [3.63, 3.8) is 0 Å². The molecule has 0 aromatic heterocycles. The molecule has 1 nitrogen and oxygen atoms in total. The zero-order chi connectivity index (χ0) is 12.4. The maximum Gasteiger partial charge on any atom is 0.0852 e. The Hall–Kier alpha value is -1.08. The van der Waals surface area contributed by atoms with E-state index in [1.165, 1.54) is 5.20 Å². The summed E-state index contributed by atoms with van der Waals surface area (Å²) in [6.45, 7) is 12.7. The van der Waals surface area contributed by atoms with E-state index in [9.17, 15) is 0 Å². The minimum absolute atomic E-state index is 0.451. The van der Waals surface area contributed by atoms with E-state index in [-0.39, 0.29) is 0 Å². The van der Waals surface area contributed by atoms with Crippen molar-refractivity contribution in [1.82, 2.24) is 0 Å². The van der Waals surface area contributed by atoms with E-state index in [2.05, 4.69) is 44.1 Å². The number of hydrogen-bond donors (Lipinski definition) is 1. The van der Waals surface area contributed by atoms with E-state index in [0.29, 0.717) is 0 Å². The predicted octanol–water partition coefficient (Wildman–Crippen LogP) is 3.45. The van der Waals surface area contributed by atoms with Gasteiger partial charge in [0.1, 0.15) is 0 Å². The molecule has 1 aromatic carbocycles. The fourth-order valence-corrected chi connectivity index (χ4v) is 4.39. The molecule has 0 aliphatic carbocycles. The minimum Gasteiger partial charge on any atom is -0.318 e. The number of nitrogens with two attached hydrogens (primary N) is 1. The van der Waals surface area contributed by atoms with E-state index >= 15 is 0 Å². The first-order valence-electron chi connectivity index (χ1n) is 5.55. The van der Waals surface area contributed by atoms with Crippen LogP contribution in [0, 0.1) is 0 Å². The average Bonchev–Trinajstić information content (AvgIpc) is 2.17. The first kappa shape index (κ1) is 13.0. The van der Waals surface area contributed by atoms with Crippen LogP contribution in [-0.2, 0) is 5.54 Å². The Kier molecular flexibility index (Phi) is 3.59. The van der Waals surface area contributed by atoms with Gasteiger partial charge in [-0.25, -0.2) is 0 Å². The quantitative estimate of drug-likeness (QED) is 0.626. The average molecular weight is 231 g/mol. The summed E-state index contributed by atoms with van der Waals surface area (Å²) in [7, 11) is -1.49. The molecule has 0 saturated carbocycles. The maximum atomic E-state index is 6.47. The Morgan fingerprint density at radius 1 is 1.25 bits per heavy atom. The molecular weight excluding hydrogens is 210 g/mol. The van der Waals surface area contributed by atoms with Gasteiger partial charge in [-0.1, -0.05) is 56.6 Å². The highest BCUT2D eigenvalue weighted by molar-refractivity contribution is 6.83. The summed E-state index contributed by atoms with van der Waals surface area (Å²) in [5.41, 5.74) is 10.2. The topological polar surface area (TPSA) is 26.0 Å². The Labute approximate surface area is 99.7 Å². The summed E-state index contributed by atoms with van der Waals surface area (Å²) in [6, 6.07) is 10.2. The fourth-order valence-electron chi connectivity index (χ4n) is 2.16. The second-order valence-electron chi connectivity index (χ2n) is 5.37. The van der Waals surface area contributed by atoms with Crippen LogP contribution in [0.4, 0.5) is 0 Å². The first-order valence-corrected chi connectivity index (χ1v) is 9.05. The molecule has 1 rings (SSSR count). The molecule has 2 heteroatoms. The van der Waals surface area contributed by atoms with Gasteiger partial charge in [0.25, 0.3) is 0 Å². The van der Waals surface area contributed by atoms with Gasteiger partial charge in [0.15, 0.2) is 0 Å². The third kappa shape index (κ3) is 2.53. The minimum atomic E-state index is -1.49. The molecule has 1 atom stereocenters. The molecule has 0 unspecified atom stereocenters. The lowest BCUT2D eigenvalue weighted by Crippen LogP contribution is -2.44. The van der Waals surface area contributed by atoms with Crippen LogP contribution in [0.2, 0.25) is 19.6 Å². The van der Waals surface area contributed by atoms with Gasteiger partial charge in [-0.15, -0.1) is 5.73 Å². The molecule has 0 spiro atoms. The van der Waals surface area contributed by atoms with Crippen LogP contribution in [0.25, 0.3) is 0 Å². The van der Waals surface area contributed by atoms with Gasteiger partial charge in [0, 0.05) is 0 Å². The third-order valence-corrected chi connectivity index (χ3v) is 5.02. The molecule has 0 aliphatic rings. The largest absolute Gasteiger partial charge is 0.318 e. The molecule has 0 aliphatic heterocycles. The Balaban J connectivity index is 3.27. The summed E-state index contributed by atoms with van der Waals surface area (Å²) in [4.78, 5) is 0. The monoisotopic (exact) mass is 231 g/mol. The zero-order valence-corrected chi connectivity index (χ0v) is 11.7. The fraction of sp³-hybridized carbons (Fsp3) is 0.357. The highest BCUT2D eigenvalue weighted by atomic mass is 28.3. The van der Waals surface area contributed by atoms with Gasteiger partial charge in [-0.3, -0.25) is 0 Å². The molecule has 2 N–H and O–H groups in total. The van der Waals surface area contributed by atoms with E-state index in [0.717, 1.165) is 5.56 Å². The molecule has 0 heterocycles. The third-order valence-electron chi connectivity index (χ3n) is 2.82. The van der Waals surface area contributed by atoms with Crippen LogP contribution in [-0.4, -0.2) is 8.07 Å². The highest BCUT2D eigenvalue weighted by Gasteiger charge is 2.34. The van der Waals surface area contributed by atoms with Crippen molar-refractivity contribution in [3.8, 4) is 0 Å². The summed E-state index contributed by atoms with van der Waals surface area (Å²) >= 11 is 0. The Morgan fingerprint density at radius 2 is 1.75 bits per heavy atom. The van der Waals surface area contributed by atoms with Crippen LogP contribution in [0.15, 0.2) is 47.8 Å². The molecule has 0 amide bonds. The van der Waals surface area contributed by atoms with Crippen LogP contribution >= 0.6 is 0 Å². The van der Waals surface area contributed by atoms with Crippen LogP contribution < -0.4 is 5.73 Å². The van der Waals surface area contributed by atoms with Gasteiger partial charge >= 0.3 is 0 Å². The lowest BCUT2D eigenvalue weighted by molar-refractivity contribution is 0.611. The van der Waals surface area contributed by atoms with Crippen molar-refractivity contribution in [2.45, 2.75) is 32.1 Å². The lowest BCUT2D eigenvalue weighted by Gasteiger charge is -2.34. The number of hydrogen-bond acceptors (Lipinski definition) is 1. The molecule has 0 bridgehead atoms. The van der Waals surface area contributed by atoms with Gasteiger partial charge in [-0.2, -0.15) is 0 Å². The van der Waals surface area contributed by atoms with Gasteiger partial charge < -0.3 is 5.73 Å². The van der Waals surface area contributed by atoms with E-state index in [4.69, 9.17) is 5.73 Å². The standard InChI is InChI=1S/C14H21NSi/c1-6-13(16(3,4)5)14(2,15)12-10-8-7-9-11-12/h7-11H,1,15H2,2-5H3/t14-/m0/s1. The van der Waals surface area contributed by atoms with E-state index < -0.39 is 13.6 Å². The Bertz CT molecular complexity index is 406. The summed E-state index contributed by atoms with van der Waals surface area (Å²) in [5.74, 6) is 0. The molecular formula is C14H21NSi. The summed E-state index contributed by atoms with van der Waals surface area (Å²) in [5, 5.41) is 1.17. The predicted molar refractivity (Wildman–Crippen MR) is 74.0 cm³/mol. The van der Waals surface area contributed by atoms with Crippen molar-refractivity contribution in [3.05, 3.63) is 53.4 Å². The molecule has 86 valence electrons. The SMILES string of the molecule is C=C=C([C@@](C)(N)c1ccccc1)[Si](C)(C)C.